The third-order valence-corrected chi connectivity index (χ3v) is 6.63. The molecule has 0 radical (unpaired) electrons. The summed E-state index contributed by atoms with van der Waals surface area (Å²) < 4.78 is 5.30. The molecule has 0 N–H and O–H groups in total. The Morgan fingerprint density at radius 2 is 1.40 bits per heavy atom. The largest absolute Gasteiger partial charge is 0.497 e. The molecular weight excluding hydrogens is 376 g/mol. The SMILES string of the molecule is COc1ccc(C2(C(=O)N3CCN(C(=O)c4ccccc4)CC3)CCCCC2)cc1. The second-order valence-electron chi connectivity index (χ2n) is 8.32. The van der Waals surface area contributed by atoms with Gasteiger partial charge in [-0.15, -0.1) is 0 Å². The highest BCUT2D eigenvalue weighted by molar-refractivity contribution is 5.94. The fraction of sp³-hybridized carbons (Fsp3) is 0.440. The zero-order valence-electron chi connectivity index (χ0n) is 17.7. The van der Waals surface area contributed by atoms with Crippen molar-refractivity contribution in [2.24, 2.45) is 0 Å². The Balaban J connectivity index is 1.48. The number of carbonyl (C=O) groups is 2. The summed E-state index contributed by atoms with van der Waals surface area (Å²) in [6.45, 7) is 2.35. The van der Waals surface area contributed by atoms with E-state index >= 15 is 0 Å². The predicted octanol–water partition coefficient (Wildman–Crippen LogP) is 3.88. The van der Waals surface area contributed by atoms with Gasteiger partial charge in [-0.05, 0) is 42.7 Å². The first-order valence-corrected chi connectivity index (χ1v) is 10.9. The normalized spacial score (nSPS) is 18.7. The first kappa shape index (κ1) is 20.5. The molecule has 2 aliphatic rings. The Morgan fingerprint density at radius 1 is 0.800 bits per heavy atom. The molecule has 30 heavy (non-hydrogen) atoms. The predicted molar refractivity (Wildman–Crippen MR) is 117 cm³/mol. The van der Waals surface area contributed by atoms with E-state index in [1.165, 1.54) is 6.42 Å². The van der Waals surface area contributed by atoms with Gasteiger partial charge in [-0.2, -0.15) is 0 Å². The molecule has 0 aromatic heterocycles. The molecule has 1 aliphatic carbocycles. The van der Waals surface area contributed by atoms with Crippen LogP contribution >= 0.6 is 0 Å². The molecule has 1 aliphatic heterocycles. The molecule has 5 nitrogen and oxygen atoms in total. The number of ether oxygens (including phenoxy) is 1. The molecule has 0 unspecified atom stereocenters. The van der Waals surface area contributed by atoms with E-state index in [0.29, 0.717) is 31.7 Å². The van der Waals surface area contributed by atoms with Crippen LogP contribution in [0.5, 0.6) is 5.75 Å². The van der Waals surface area contributed by atoms with Gasteiger partial charge in [0.1, 0.15) is 5.75 Å². The fourth-order valence-corrected chi connectivity index (χ4v) is 4.87. The lowest BCUT2D eigenvalue weighted by Gasteiger charge is -2.43. The van der Waals surface area contributed by atoms with Gasteiger partial charge in [-0.1, -0.05) is 49.6 Å². The molecule has 0 bridgehead atoms. The molecule has 1 saturated heterocycles. The van der Waals surface area contributed by atoms with Gasteiger partial charge < -0.3 is 14.5 Å². The number of nitrogens with zero attached hydrogens (tertiary/aromatic N) is 2. The minimum absolute atomic E-state index is 0.0465. The van der Waals surface area contributed by atoms with Crippen LogP contribution in [0.2, 0.25) is 0 Å². The van der Waals surface area contributed by atoms with Crippen molar-refractivity contribution in [2.45, 2.75) is 37.5 Å². The van der Waals surface area contributed by atoms with Crippen molar-refractivity contribution in [3.05, 3.63) is 65.7 Å². The number of benzene rings is 2. The highest BCUT2D eigenvalue weighted by Crippen LogP contribution is 2.41. The van der Waals surface area contributed by atoms with E-state index in [-0.39, 0.29) is 11.8 Å². The topological polar surface area (TPSA) is 49.9 Å². The lowest BCUT2D eigenvalue weighted by atomic mass is 9.68. The molecule has 158 valence electrons. The second kappa shape index (κ2) is 8.90. The zero-order valence-corrected chi connectivity index (χ0v) is 17.7. The van der Waals surface area contributed by atoms with Crippen molar-refractivity contribution in [3.8, 4) is 5.75 Å². The minimum atomic E-state index is -0.448. The van der Waals surface area contributed by atoms with E-state index in [1.807, 2.05) is 52.3 Å². The highest BCUT2D eigenvalue weighted by Gasteiger charge is 2.44. The van der Waals surface area contributed by atoms with Crippen molar-refractivity contribution < 1.29 is 14.3 Å². The summed E-state index contributed by atoms with van der Waals surface area (Å²) in [6, 6.07) is 17.4. The molecule has 5 heteroatoms. The van der Waals surface area contributed by atoms with Crippen LogP contribution < -0.4 is 4.74 Å². The number of amides is 2. The van der Waals surface area contributed by atoms with Crippen LogP contribution in [0.15, 0.2) is 54.6 Å². The van der Waals surface area contributed by atoms with Crippen molar-refractivity contribution in [1.29, 1.82) is 0 Å². The van der Waals surface area contributed by atoms with Gasteiger partial charge in [-0.25, -0.2) is 0 Å². The maximum atomic E-state index is 13.8. The van der Waals surface area contributed by atoms with Gasteiger partial charge in [0.05, 0.1) is 12.5 Å². The quantitative estimate of drug-likeness (QED) is 0.774. The molecule has 4 rings (SSSR count). The summed E-state index contributed by atoms with van der Waals surface area (Å²) in [7, 11) is 1.66. The third-order valence-electron chi connectivity index (χ3n) is 6.63. The number of carbonyl (C=O) groups excluding carboxylic acids is 2. The van der Waals surface area contributed by atoms with Crippen LogP contribution in [0.4, 0.5) is 0 Å². The van der Waals surface area contributed by atoms with Gasteiger partial charge >= 0.3 is 0 Å². The second-order valence-corrected chi connectivity index (χ2v) is 8.32. The molecule has 1 heterocycles. The number of piperazine rings is 1. The van der Waals surface area contributed by atoms with Crippen molar-refractivity contribution in [3.63, 3.8) is 0 Å². The zero-order chi connectivity index (χ0) is 21.0. The molecule has 2 aromatic rings. The average Bonchev–Trinajstić information content (AvgIpc) is 2.84. The number of methoxy groups -OCH3 is 1. The maximum Gasteiger partial charge on any atom is 0.253 e. The molecule has 1 saturated carbocycles. The van der Waals surface area contributed by atoms with Gasteiger partial charge in [0, 0.05) is 31.7 Å². The van der Waals surface area contributed by atoms with Crippen LogP contribution in [0.3, 0.4) is 0 Å². The Hall–Kier alpha value is -2.82. The molecule has 2 fully saturated rings. The number of rotatable bonds is 4. The number of hydrogen-bond acceptors (Lipinski definition) is 3. The van der Waals surface area contributed by atoms with Crippen LogP contribution in [0.25, 0.3) is 0 Å². The van der Waals surface area contributed by atoms with Gasteiger partial charge in [0.15, 0.2) is 0 Å². The smallest absolute Gasteiger partial charge is 0.253 e. The van der Waals surface area contributed by atoms with E-state index < -0.39 is 5.41 Å². The molecular formula is C25H30N2O3. The number of hydrogen-bond donors (Lipinski definition) is 0. The first-order chi connectivity index (χ1) is 14.6. The van der Waals surface area contributed by atoms with E-state index in [2.05, 4.69) is 12.1 Å². The molecule has 0 spiro atoms. The highest BCUT2D eigenvalue weighted by atomic mass is 16.5. The summed E-state index contributed by atoms with van der Waals surface area (Å²) in [4.78, 5) is 30.3. The van der Waals surface area contributed by atoms with Crippen molar-refractivity contribution >= 4 is 11.8 Å². The Kier molecular flexibility index (Phi) is 6.07. The lowest BCUT2D eigenvalue weighted by molar-refractivity contribution is -0.140. The molecule has 0 atom stereocenters. The van der Waals surface area contributed by atoms with Crippen LogP contribution in [-0.2, 0) is 10.2 Å². The van der Waals surface area contributed by atoms with Gasteiger partial charge in [-0.3, -0.25) is 9.59 Å². The van der Waals surface area contributed by atoms with Crippen LogP contribution in [0.1, 0.15) is 48.0 Å². The summed E-state index contributed by atoms with van der Waals surface area (Å²) >= 11 is 0. The molecule has 2 amide bonds. The summed E-state index contributed by atoms with van der Waals surface area (Å²) in [6.07, 6.45) is 5.11. The van der Waals surface area contributed by atoms with Crippen LogP contribution in [-0.4, -0.2) is 54.9 Å². The van der Waals surface area contributed by atoms with E-state index in [9.17, 15) is 9.59 Å². The summed E-state index contributed by atoms with van der Waals surface area (Å²) in [5.74, 6) is 1.08. The monoisotopic (exact) mass is 406 g/mol. The first-order valence-electron chi connectivity index (χ1n) is 10.9. The van der Waals surface area contributed by atoms with Gasteiger partial charge in [0.2, 0.25) is 5.91 Å². The molecule has 2 aromatic carbocycles. The maximum absolute atomic E-state index is 13.8. The Morgan fingerprint density at radius 3 is 2.00 bits per heavy atom. The van der Waals surface area contributed by atoms with Gasteiger partial charge in [0.25, 0.3) is 5.91 Å². The Labute approximate surface area is 178 Å². The standard InChI is InChI=1S/C25H30N2O3/c1-30-22-12-10-21(11-13-22)25(14-6-3-7-15-25)24(29)27-18-16-26(17-19-27)23(28)20-8-4-2-5-9-20/h2,4-5,8-13H,3,6-7,14-19H2,1H3. The van der Waals surface area contributed by atoms with E-state index in [4.69, 9.17) is 4.74 Å². The Bertz CT molecular complexity index is 865. The summed E-state index contributed by atoms with van der Waals surface area (Å²) in [5.41, 5.74) is 1.35. The third kappa shape index (κ3) is 3.93. The average molecular weight is 407 g/mol. The summed E-state index contributed by atoms with van der Waals surface area (Å²) in [5, 5.41) is 0. The van der Waals surface area contributed by atoms with E-state index in [0.717, 1.165) is 37.0 Å². The minimum Gasteiger partial charge on any atom is -0.497 e. The van der Waals surface area contributed by atoms with Crippen molar-refractivity contribution in [1.82, 2.24) is 9.80 Å². The van der Waals surface area contributed by atoms with Crippen molar-refractivity contribution in [2.75, 3.05) is 33.3 Å². The van der Waals surface area contributed by atoms with Crippen LogP contribution in [0, 0.1) is 0 Å². The lowest BCUT2D eigenvalue weighted by Crippen LogP contribution is -2.56. The van der Waals surface area contributed by atoms with E-state index in [1.54, 1.807) is 7.11 Å². The fourth-order valence-electron chi connectivity index (χ4n) is 4.87.